The lowest BCUT2D eigenvalue weighted by Gasteiger charge is -2.07. The predicted octanol–water partition coefficient (Wildman–Crippen LogP) is 4.13. The number of thiazole rings is 1. The molecule has 6 heteroatoms. The van der Waals surface area contributed by atoms with Crippen molar-refractivity contribution in [3.8, 4) is 11.4 Å². The lowest BCUT2D eigenvalue weighted by Crippen LogP contribution is -2.01. The summed E-state index contributed by atoms with van der Waals surface area (Å²) in [7, 11) is 0. The molecule has 0 spiro atoms. The number of pyridine rings is 1. The summed E-state index contributed by atoms with van der Waals surface area (Å²) < 4.78 is 0.723. The molecule has 0 aliphatic rings. The lowest BCUT2D eigenvalue weighted by molar-refractivity contribution is 0.0699. The number of benzene rings is 1. The Bertz CT molecular complexity index is 829. The van der Waals surface area contributed by atoms with Gasteiger partial charge in [-0.3, -0.25) is 0 Å². The Morgan fingerprint density at radius 3 is 2.75 bits per heavy atom. The van der Waals surface area contributed by atoms with Crippen LogP contribution in [0.15, 0.2) is 34.1 Å². The summed E-state index contributed by atoms with van der Waals surface area (Å²) in [5.74, 6) is -0.975. The molecular weight excluding hydrogens is 340 g/mol. The molecule has 0 aliphatic heterocycles. The number of hydrogen-bond donors (Lipinski definition) is 1. The van der Waals surface area contributed by atoms with Crippen molar-refractivity contribution in [3.05, 3.63) is 44.7 Å². The maximum absolute atomic E-state index is 11.5. The van der Waals surface area contributed by atoms with Crippen LogP contribution in [0.5, 0.6) is 0 Å². The van der Waals surface area contributed by atoms with Gasteiger partial charge in [0.05, 0.1) is 27.5 Å². The third-order valence-electron chi connectivity index (χ3n) is 2.89. The fraction of sp³-hybridized carbons (Fsp3) is 0.0714. The number of aromatic carboxylic acids is 1. The Morgan fingerprint density at radius 2 is 2.10 bits per heavy atom. The second kappa shape index (κ2) is 4.96. The van der Waals surface area contributed by atoms with E-state index in [0.717, 1.165) is 9.48 Å². The zero-order chi connectivity index (χ0) is 14.3. The molecule has 2 aromatic heterocycles. The number of halogens is 1. The molecule has 0 atom stereocenters. The fourth-order valence-electron chi connectivity index (χ4n) is 2.02. The van der Waals surface area contributed by atoms with Gasteiger partial charge in [-0.2, -0.15) is 0 Å². The Balaban J connectivity index is 2.34. The zero-order valence-electron chi connectivity index (χ0n) is 10.4. The van der Waals surface area contributed by atoms with Gasteiger partial charge in [-0.15, -0.1) is 11.3 Å². The number of fused-ring (bicyclic) bond motifs is 1. The Hall–Kier alpha value is -1.79. The summed E-state index contributed by atoms with van der Waals surface area (Å²) in [6.45, 7) is 1.91. The molecule has 3 aromatic rings. The third kappa shape index (κ3) is 2.21. The van der Waals surface area contributed by atoms with Crippen molar-refractivity contribution in [1.82, 2.24) is 9.97 Å². The fourth-order valence-corrected chi connectivity index (χ4v) is 3.20. The van der Waals surface area contributed by atoms with E-state index in [4.69, 9.17) is 0 Å². The molecule has 0 saturated heterocycles. The average Bonchev–Trinajstić information content (AvgIpc) is 2.84. The van der Waals surface area contributed by atoms with Crippen molar-refractivity contribution in [3.63, 3.8) is 0 Å². The van der Waals surface area contributed by atoms with Gasteiger partial charge in [0.25, 0.3) is 0 Å². The highest BCUT2D eigenvalue weighted by Gasteiger charge is 2.16. The standard InChI is InChI=1S/C14H9BrN2O2S/c1-7-16-12(6-20-7)11-5-8(14(18)19)13-9(15)3-2-4-10(13)17-11/h2-6H,1H3,(H,18,19). The van der Waals surface area contributed by atoms with E-state index in [2.05, 4.69) is 25.9 Å². The van der Waals surface area contributed by atoms with E-state index in [1.807, 2.05) is 24.4 Å². The van der Waals surface area contributed by atoms with Crippen molar-refractivity contribution in [2.24, 2.45) is 0 Å². The maximum atomic E-state index is 11.5. The number of carbonyl (C=O) groups is 1. The summed E-state index contributed by atoms with van der Waals surface area (Å²) in [5, 5.41) is 12.8. The van der Waals surface area contributed by atoms with E-state index >= 15 is 0 Å². The number of aromatic nitrogens is 2. The molecule has 0 bridgehead atoms. The normalized spacial score (nSPS) is 10.9. The molecule has 3 rings (SSSR count). The second-order valence-electron chi connectivity index (χ2n) is 4.25. The molecule has 0 fully saturated rings. The summed E-state index contributed by atoms with van der Waals surface area (Å²) >= 11 is 4.90. The first-order valence-electron chi connectivity index (χ1n) is 5.81. The van der Waals surface area contributed by atoms with Crippen molar-refractivity contribution >= 4 is 44.1 Å². The third-order valence-corrected chi connectivity index (χ3v) is 4.33. The van der Waals surface area contributed by atoms with E-state index in [1.165, 1.54) is 11.3 Å². The van der Waals surface area contributed by atoms with Gasteiger partial charge in [0.2, 0.25) is 0 Å². The van der Waals surface area contributed by atoms with E-state index in [9.17, 15) is 9.90 Å². The molecule has 1 aromatic carbocycles. The molecule has 0 aliphatic carbocycles. The highest BCUT2D eigenvalue weighted by molar-refractivity contribution is 9.10. The molecule has 100 valence electrons. The minimum Gasteiger partial charge on any atom is -0.478 e. The molecular formula is C14H9BrN2O2S. The van der Waals surface area contributed by atoms with Crippen LogP contribution in [0.3, 0.4) is 0 Å². The molecule has 1 N–H and O–H groups in total. The number of nitrogens with zero attached hydrogens (tertiary/aromatic N) is 2. The molecule has 0 saturated carbocycles. The number of rotatable bonds is 2. The van der Waals surface area contributed by atoms with Gasteiger partial charge in [-0.25, -0.2) is 14.8 Å². The smallest absolute Gasteiger partial charge is 0.336 e. The van der Waals surface area contributed by atoms with Gasteiger partial charge in [0.1, 0.15) is 0 Å². The molecule has 0 amide bonds. The Kier molecular flexibility index (Phi) is 3.27. The quantitative estimate of drug-likeness (QED) is 0.756. The lowest BCUT2D eigenvalue weighted by atomic mass is 10.1. The minimum absolute atomic E-state index is 0.225. The van der Waals surface area contributed by atoms with Crippen molar-refractivity contribution in [2.45, 2.75) is 6.92 Å². The highest BCUT2D eigenvalue weighted by atomic mass is 79.9. The number of hydrogen-bond acceptors (Lipinski definition) is 4. The summed E-state index contributed by atoms with van der Waals surface area (Å²) in [4.78, 5) is 20.4. The number of carboxylic acid groups (broad SMARTS) is 1. The molecule has 0 unspecified atom stereocenters. The van der Waals surface area contributed by atoms with Crippen molar-refractivity contribution in [2.75, 3.05) is 0 Å². The minimum atomic E-state index is -0.975. The summed E-state index contributed by atoms with van der Waals surface area (Å²) in [6, 6.07) is 7.02. The van der Waals surface area contributed by atoms with Gasteiger partial charge in [0, 0.05) is 15.2 Å². The van der Waals surface area contributed by atoms with E-state index in [0.29, 0.717) is 22.3 Å². The van der Waals surface area contributed by atoms with E-state index in [-0.39, 0.29) is 5.56 Å². The van der Waals surface area contributed by atoms with Crippen LogP contribution in [0.25, 0.3) is 22.3 Å². The Labute approximate surface area is 127 Å². The van der Waals surface area contributed by atoms with Gasteiger partial charge < -0.3 is 5.11 Å². The monoisotopic (exact) mass is 348 g/mol. The van der Waals surface area contributed by atoms with Crippen LogP contribution in [0, 0.1) is 6.92 Å². The molecule has 20 heavy (non-hydrogen) atoms. The first-order valence-corrected chi connectivity index (χ1v) is 7.48. The van der Waals surface area contributed by atoms with Crippen LogP contribution in [-0.2, 0) is 0 Å². The second-order valence-corrected chi connectivity index (χ2v) is 6.16. The van der Waals surface area contributed by atoms with E-state index in [1.54, 1.807) is 12.1 Å². The summed E-state index contributed by atoms with van der Waals surface area (Å²) in [6.07, 6.45) is 0. The van der Waals surface area contributed by atoms with Gasteiger partial charge in [0.15, 0.2) is 0 Å². The van der Waals surface area contributed by atoms with Gasteiger partial charge >= 0.3 is 5.97 Å². The topological polar surface area (TPSA) is 63.1 Å². The largest absolute Gasteiger partial charge is 0.478 e. The number of aryl methyl sites for hydroxylation is 1. The van der Waals surface area contributed by atoms with E-state index < -0.39 is 5.97 Å². The van der Waals surface area contributed by atoms with Gasteiger partial charge in [-0.1, -0.05) is 22.0 Å². The SMILES string of the molecule is Cc1nc(-c2cc(C(=O)O)c3c(Br)cccc3n2)cs1. The van der Waals surface area contributed by atoms with Crippen molar-refractivity contribution < 1.29 is 9.90 Å². The van der Waals surface area contributed by atoms with Crippen LogP contribution in [-0.4, -0.2) is 21.0 Å². The molecule has 4 nitrogen and oxygen atoms in total. The first kappa shape index (κ1) is 13.2. The zero-order valence-corrected chi connectivity index (χ0v) is 12.8. The van der Waals surface area contributed by atoms with Crippen molar-refractivity contribution in [1.29, 1.82) is 0 Å². The summed E-state index contributed by atoms with van der Waals surface area (Å²) in [5.41, 5.74) is 2.15. The van der Waals surface area contributed by atoms with Crippen LogP contribution in [0.1, 0.15) is 15.4 Å². The molecule has 2 heterocycles. The first-order chi connectivity index (χ1) is 9.56. The van der Waals surface area contributed by atoms with Crippen LogP contribution < -0.4 is 0 Å². The predicted molar refractivity (Wildman–Crippen MR) is 82.2 cm³/mol. The van der Waals surface area contributed by atoms with Gasteiger partial charge in [-0.05, 0) is 25.1 Å². The maximum Gasteiger partial charge on any atom is 0.336 e. The average molecular weight is 349 g/mol. The molecule has 0 radical (unpaired) electrons. The Morgan fingerprint density at radius 1 is 1.30 bits per heavy atom. The van der Waals surface area contributed by atoms with Crippen LogP contribution >= 0.6 is 27.3 Å². The van der Waals surface area contributed by atoms with Crippen LogP contribution in [0.2, 0.25) is 0 Å². The highest BCUT2D eigenvalue weighted by Crippen LogP contribution is 2.30. The van der Waals surface area contributed by atoms with Crippen LogP contribution in [0.4, 0.5) is 0 Å². The number of carboxylic acids is 1.